The quantitative estimate of drug-likeness (QED) is 0.0872. The molecule has 0 saturated heterocycles. The maximum atomic E-state index is 13.9. The standard InChI is InChI=1S/C36H42F3N7O5/c1-35(2,3)44-33(49)42-21-31(47)43-30(19-26-20-41-29-16-10-8-14-27(26)29)32(48)45-46(22-25-13-7-9-15-28(25)36(37,38)39)34(50)40-17-18-51-23-24-11-5-4-6-12-24/h4-16,20,30,41H,17-19,21-23H2,1-3H3,(H,40,50)(H,43,47)(H,45,48)(H2,42,44,49)/t30-/m0/s1. The van der Waals surface area contributed by atoms with Crippen molar-refractivity contribution in [1.82, 2.24) is 36.7 Å². The van der Waals surface area contributed by atoms with Gasteiger partial charge in [-0.3, -0.25) is 15.0 Å². The SMILES string of the molecule is CC(C)(C)NC(=O)NCC(=O)N[C@@H](Cc1c[nH]c2ccccc12)C(=O)NN(Cc1ccccc1C(F)(F)F)C(=O)NCCOCc1ccccc1. The van der Waals surface area contributed by atoms with Gasteiger partial charge < -0.3 is 31.0 Å². The Kier molecular flexibility index (Phi) is 13.0. The van der Waals surface area contributed by atoms with E-state index < -0.39 is 60.3 Å². The summed E-state index contributed by atoms with van der Waals surface area (Å²) in [6.07, 6.45) is -3.12. The minimum absolute atomic E-state index is 0.0171. The van der Waals surface area contributed by atoms with E-state index in [1.807, 2.05) is 48.5 Å². The molecule has 0 bridgehead atoms. The normalized spacial score (nSPS) is 12.1. The lowest BCUT2D eigenvalue weighted by Gasteiger charge is -2.28. The van der Waals surface area contributed by atoms with Crippen LogP contribution in [0.4, 0.5) is 22.8 Å². The molecule has 272 valence electrons. The molecule has 4 rings (SSSR count). The van der Waals surface area contributed by atoms with E-state index in [4.69, 9.17) is 4.74 Å². The summed E-state index contributed by atoms with van der Waals surface area (Å²) in [6.45, 7) is 4.50. The van der Waals surface area contributed by atoms with Crippen LogP contribution < -0.4 is 26.7 Å². The summed E-state index contributed by atoms with van der Waals surface area (Å²) in [5.41, 5.74) is 2.94. The lowest BCUT2D eigenvalue weighted by molar-refractivity contribution is -0.138. The molecule has 0 fully saturated rings. The van der Waals surface area contributed by atoms with Crippen LogP contribution in [0.5, 0.6) is 0 Å². The number of nitrogens with zero attached hydrogens (tertiary/aromatic N) is 1. The third-order valence-corrected chi connectivity index (χ3v) is 7.42. The third-order valence-electron chi connectivity index (χ3n) is 7.42. The van der Waals surface area contributed by atoms with Gasteiger partial charge in [-0.05, 0) is 49.6 Å². The maximum Gasteiger partial charge on any atom is 0.416 e. The monoisotopic (exact) mass is 709 g/mol. The highest BCUT2D eigenvalue weighted by atomic mass is 19.4. The van der Waals surface area contributed by atoms with Gasteiger partial charge in [-0.25, -0.2) is 14.6 Å². The summed E-state index contributed by atoms with van der Waals surface area (Å²) in [5, 5.41) is 11.8. The fourth-order valence-corrected chi connectivity index (χ4v) is 5.09. The van der Waals surface area contributed by atoms with Crippen molar-refractivity contribution >= 4 is 34.8 Å². The van der Waals surface area contributed by atoms with Gasteiger partial charge >= 0.3 is 18.2 Å². The van der Waals surface area contributed by atoms with Gasteiger partial charge in [0.25, 0.3) is 5.91 Å². The molecule has 51 heavy (non-hydrogen) atoms. The number of fused-ring (bicyclic) bond motifs is 1. The van der Waals surface area contributed by atoms with E-state index in [0.29, 0.717) is 5.56 Å². The Balaban J connectivity index is 1.53. The number of benzene rings is 3. The van der Waals surface area contributed by atoms with E-state index in [-0.39, 0.29) is 31.7 Å². The third kappa shape index (κ3) is 12.1. The van der Waals surface area contributed by atoms with Crippen LogP contribution in [0.25, 0.3) is 10.9 Å². The lowest BCUT2D eigenvalue weighted by Crippen LogP contribution is -2.57. The number of hydrogen-bond donors (Lipinski definition) is 6. The first-order chi connectivity index (χ1) is 24.2. The van der Waals surface area contributed by atoms with Crippen molar-refractivity contribution in [3.05, 3.63) is 107 Å². The second-order valence-corrected chi connectivity index (χ2v) is 12.7. The molecule has 0 aliphatic heterocycles. The summed E-state index contributed by atoms with van der Waals surface area (Å²) in [5.74, 6) is -1.60. The zero-order valence-electron chi connectivity index (χ0n) is 28.5. The summed E-state index contributed by atoms with van der Waals surface area (Å²) in [4.78, 5) is 55.7. The Morgan fingerprint density at radius 2 is 1.55 bits per heavy atom. The number of urea groups is 2. The van der Waals surface area contributed by atoms with E-state index >= 15 is 0 Å². The number of aromatic nitrogens is 1. The number of aromatic amines is 1. The molecule has 6 amide bonds. The van der Waals surface area contributed by atoms with Crippen molar-refractivity contribution in [3.63, 3.8) is 0 Å². The molecule has 0 aliphatic carbocycles. The first-order valence-corrected chi connectivity index (χ1v) is 16.2. The Morgan fingerprint density at radius 3 is 2.27 bits per heavy atom. The number of halogens is 3. The Morgan fingerprint density at radius 1 is 0.863 bits per heavy atom. The highest BCUT2D eigenvalue weighted by molar-refractivity contribution is 5.92. The lowest BCUT2D eigenvalue weighted by atomic mass is 10.0. The van der Waals surface area contributed by atoms with Gasteiger partial charge in [-0.15, -0.1) is 0 Å². The topological polar surface area (TPSA) is 157 Å². The Labute approximate surface area is 293 Å². The second kappa shape index (κ2) is 17.4. The molecule has 3 aromatic carbocycles. The summed E-state index contributed by atoms with van der Waals surface area (Å²) < 4.78 is 47.3. The number of carbonyl (C=O) groups excluding carboxylic acids is 4. The Hall–Kier alpha value is -5.57. The van der Waals surface area contributed by atoms with Crippen LogP contribution in [0.2, 0.25) is 0 Å². The molecule has 1 atom stereocenters. The predicted octanol–water partition coefficient (Wildman–Crippen LogP) is 4.77. The highest BCUT2D eigenvalue weighted by Crippen LogP contribution is 2.32. The molecule has 0 saturated carbocycles. The Bertz CT molecular complexity index is 1790. The fraction of sp³-hybridized carbons (Fsp3) is 0.333. The van der Waals surface area contributed by atoms with Crippen molar-refractivity contribution in [2.75, 3.05) is 19.7 Å². The summed E-state index contributed by atoms with van der Waals surface area (Å²) >= 11 is 0. The molecule has 0 spiro atoms. The summed E-state index contributed by atoms with van der Waals surface area (Å²) in [6, 6.07) is 18.5. The molecular formula is C36H42F3N7O5. The number of ether oxygens (including phenoxy) is 1. The van der Waals surface area contributed by atoms with E-state index in [0.717, 1.165) is 27.5 Å². The molecule has 0 aliphatic rings. The first kappa shape index (κ1) is 38.2. The van der Waals surface area contributed by atoms with E-state index in [2.05, 4.69) is 31.7 Å². The van der Waals surface area contributed by atoms with Gasteiger partial charge in [0.05, 0.1) is 31.9 Å². The van der Waals surface area contributed by atoms with Gasteiger partial charge in [-0.1, -0.05) is 66.7 Å². The van der Waals surface area contributed by atoms with Crippen LogP contribution in [0.15, 0.2) is 85.1 Å². The smallest absolute Gasteiger partial charge is 0.375 e. The van der Waals surface area contributed by atoms with Gasteiger partial charge in [0.2, 0.25) is 5.91 Å². The number of rotatable bonds is 13. The van der Waals surface area contributed by atoms with Crippen LogP contribution in [0.3, 0.4) is 0 Å². The van der Waals surface area contributed by atoms with E-state index in [1.165, 1.54) is 18.2 Å². The van der Waals surface area contributed by atoms with Crippen LogP contribution in [-0.4, -0.2) is 65.1 Å². The number of para-hydroxylation sites is 1. The number of nitrogens with one attached hydrogen (secondary N) is 6. The van der Waals surface area contributed by atoms with Crippen LogP contribution in [0, 0.1) is 0 Å². The van der Waals surface area contributed by atoms with Crippen molar-refractivity contribution in [3.8, 4) is 0 Å². The number of H-pyrrole nitrogens is 1. The molecule has 0 radical (unpaired) electrons. The van der Waals surface area contributed by atoms with Gasteiger partial charge in [0.1, 0.15) is 6.04 Å². The zero-order chi connectivity index (χ0) is 37.0. The largest absolute Gasteiger partial charge is 0.416 e. The zero-order valence-corrected chi connectivity index (χ0v) is 28.5. The predicted molar refractivity (Wildman–Crippen MR) is 185 cm³/mol. The van der Waals surface area contributed by atoms with Crippen molar-refractivity contribution in [2.45, 2.75) is 58.1 Å². The molecule has 15 heteroatoms. The van der Waals surface area contributed by atoms with E-state index in [1.54, 1.807) is 33.0 Å². The molecule has 6 N–H and O–H groups in total. The minimum Gasteiger partial charge on any atom is -0.375 e. The number of alkyl halides is 3. The van der Waals surface area contributed by atoms with Crippen LogP contribution in [-0.2, 0) is 40.1 Å². The van der Waals surface area contributed by atoms with Crippen molar-refractivity contribution < 1.29 is 37.1 Å². The molecule has 12 nitrogen and oxygen atoms in total. The van der Waals surface area contributed by atoms with Crippen molar-refractivity contribution in [2.24, 2.45) is 0 Å². The average molecular weight is 710 g/mol. The number of hydrogen-bond acceptors (Lipinski definition) is 5. The first-order valence-electron chi connectivity index (χ1n) is 16.2. The van der Waals surface area contributed by atoms with Gasteiger partial charge in [-0.2, -0.15) is 13.2 Å². The minimum atomic E-state index is -4.73. The molecule has 4 aromatic rings. The number of hydrazine groups is 1. The fourth-order valence-electron chi connectivity index (χ4n) is 5.09. The van der Waals surface area contributed by atoms with E-state index in [9.17, 15) is 32.3 Å². The van der Waals surface area contributed by atoms with Crippen LogP contribution in [0.1, 0.15) is 43.0 Å². The maximum absolute atomic E-state index is 13.9. The number of carbonyl (C=O) groups is 4. The van der Waals surface area contributed by atoms with Gasteiger partial charge in [0, 0.05) is 35.6 Å². The van der Waals surface area contributed by atoms with Gasteiger partial charge in [0.15, 0.2) is 0 Å². The molecule has 0 unspecified atom stereocenters. The molecule has 1 heterocycles. The second-order valence-electron chi connectivity index (χ2n) is 12.7. The summed E-state index contributed by atoms with van der Waals surface area (Å²) in [7, 11) is 0. The number of amides is 6. The molecular weight excluding hydrogens is 667 g/mol. The highest BCUT2D eigenvalue weighted by Gasteiger charge is 2.34. The molecule has 1 aromatic heterocycles. The average Bonchev–Trinajstić information content (AvgIpc) is 3.48. The van der Waals surface area contributed by atoms with Crippen molar-refractivity contribution in [1.29, 1.82) is 0 Å². The van der Waals surface area contributed by atoms with Crippen LogP contribution >= 0.6 is 0 Å².